The zero-order valence-corrected chi connectivity index (χ0v) is 11.3. The second kappa shape index (κ2) is 5.27. The molecule has 6 nitrogen and oxygen atoms in total. The summed E-state index contributed by atoms with van der Waals surface area (Å²) in [6.07, 6.45) is 2.98. The molecule has 0 unspecified atom stereocenters. The van der Waals surface area contributed by atoms with Crippen LogP contribution in [0.15, 0.2) is 24.5 Å². The van der Waals surface area contributed by atoms with Gasteiger partial charge < -0.3 is 11.1 Å². The van der Waals surface area contributed by atoms with Crippen LogP contribution in [0.1, 0.15) is 30.2 Å². The Morgan fingerprint density at radius 2 is 2.26 bits per heavy atom. The molecular formula is C12H14ClN5O. The third-order valence-corrected chi connectivity index (χ3v) is 2.88. The van der Waals surface area contributed by atoms with E-state index in [1.165, 1.54) is 6.20 Å². The molecule has 0 aliphatic carbocycles. The van der Waals surface area contributed by atoms with Gasteiger partial charge in [-0.3, -0.25) is 4.79 Å². The number of hydrogen-bond acceptors (Lipinski definition) is 4. The highest BCUT2D eigenvalue weighted by Gasteiger charge is 2.17. The first kappa shape index (κ1) is 13.4. The van der Waals surface area contributed by atoms with Crippen LogP contribution in [0.5, 0.6) is 0 Å². The first-order valence-corrected chi connectivity index (χ1v) is 6.13. The van der Waals surface area contributed by atoms with Crippen LogP contribution in [0.25, 0.3) is 0 Å². The largest absolute Gasteiger partial charge is 0.383 e. The molecular weight excluding hydrogens is 266 g/mol. The van der Waals surface area contributed by atoms with E-state index in [0.717, 1.165) is 0 Å². The topological polar surface area (TPSA) is 85.8 Å². The van der Waals surface area contributed by atoms with Crippen molar-refractivity contribution >= 4 is 29.0 Å². The molecule has 0 saturated carbocycles. The number of aromatic nitrogens is 3. The van der Waals surface area contributed by atoms with Gasteiger partial charge in [0.2, 0.25) is 0 Å². The van der Waals surface area contributed by atoms with Crippen molar-refractivity contribution < 1.29 is 4.79 Å². The molecule has 0 spiro atoms. The Bertz CT molecular complexity index is 608. The molecule has 0 aliphatic heterocycles. The number of nitrogens with zero attached hydrogens (tertiary/aromatic N) is 3. The molecule has 19 heavy (non-hydrogen) atoms. The molecule has 2 rings (SSSR count). The van der Waals surface area contributed by atoms with Crippen LogP contribution < -0.4 is 11.1 Å². The van der Waals surface area contributed by atoms with E-state index < -0.39 is 0 Å². The standard InChI is InChI=1S/C12H14ClN5O/c1-7(2)18-11(14)8(6-16-18)12(19)17-9-4-3-5-15-10(9)13/h3-7H,14H2,1-2H3,(H,17,19). The molecule has 0 aromatic carbocycles. The smallest absolute Gasteiger partial charge is 0.261 e. The average Bonchev–Trinajstić information content (AvgIpc) is 2.74. The van der Waals surface area contributed by atoms with Crippen LogP contribution in [0, 0.1) is 0 Å². The molecule has 2 aromatic heterocycles. The van der Waals surface area contributed by atoms with Crippen molar-refractivity contribution in [3.8, 4) is 0 Å². The summed E-state index contributed by atoms with van der Waals surface area (Å²) in [6.45, 7) is 3.87. The molecule has 0 saturated heterocycles. The maximum atomic E-state index is 12.1. The summed E-state index contributed by atoms with van der Waals surface area (Å²) in [5, 5.41) is 6.96. The van der Waals surface area contributed by atoms with Crippen molar-refractivity contribution in [3.05, 3.63) is 35.2 Å². The minimum absolute atomic E-state index is 0.0866. The van der Waals surface area contributed by atoms with E-state index >= 15 is 0 Å². The zero-order chi connectivity index (χ0) is 14.0. The van der Waals surface area contributed by atoms with Crippen LogP contribution >= 0.6 is 11.6 Å². The normalized spacial score (nSPS) is 10.7. The Labute approximate surface area is 115 Å². The number of nitrogen functional groups attached to an aromatic ring is 1. The number of halogens is 1. The molecule has 2 heterocycles. The highest BCUT2D eigenvalue weighted by atomic mass is 35.5. The van der Waals surface area contributed by atoms with Crippen molar-refractivity contribution in [2.24, 2.45) is 0 Å². The van der Waals surface area contributed by atoms with Gasteiger partial charge in [0.1, 0.15) is 11.4 Å². The van der Waals surface area contributed by atoms with Gasteiger partial charge in [0.05, 0.1) is 11.9 Å². The SMILES string of the molecule is CC(C)n1ncc(C(=O)Nc2cccnc2Cl)c1N. The van der Waals surface area contributed by atoms with Crippen LogP contribution in [0.4, 0.5) is 11.5 Å². The first-order valence-electron chi connectivity index (χ1n) is 5.75. The number of hydrogen-bond donors (Lipinski definition) is 2. The Balaban J connectivity index is 2.24. The van der Waals surface area contributed by atoms with Gasteiger partial charge in [-0.2, -0.15) is 5.10 Å². The molecule has 100 valence electrons. The second-order valence-corrected chi connectivity index (χ2v) is 4.64. The zero-order valence-electron chi connectivity index (χ0n) is 10.6. The van der Waals surface area contributed by atoms with Gasteiger partial charge in [-0.1, -0.05) is 11.6 Å². The summed E-state index contributed by atoms with van der Waals surface area (Å²) in [5.41, 5.74) is 6.64. The fourth-order valence-corrected chi connectivity index (χ4v) is 1.79. The molecule has 3 N–H and O–H groups in total. The number of anilines is 2. The van der Waals surface area contributed by atoms with Crippen molar-refractivity contribution in [3.63, 3.8) is 0 Å². The summed E-state index contributed by atoms with van der Waals surface area (Å²) < 4.78 is 1.58. The number of rotatable bonds is 3. The average molecular weight is 280 g/mol. The van der Waals surface area contributed by atoms with E-state index in [2.05, 4.69) is 15.4 Å². The summed E-state index contributed by atoms with van der Waals surface area (Å²) in [7, 11) is 0. The molecule has 0 aliphatic rings. The van der Waals surface area contributed by atoms with Gasteiger partial charge in [-0.05, 0) is 26.0 Å². The lowest BCUT2D eigenvalue weighted by Crippen LogP contribution is -2.15. The molecule has 0 fully saturated rings. The number of carbonyl (C=O) groups excluding carboxylic acids is 1. The highest BCUT2D eigenvalue weighted by Crippen LogP contribution is 2.21. The van der Waals surface area contributed by atoms with Crippen molar-refractivity contribution in [1.29, 1.82) is 0 Å². The van der Waals surface area contributed by atoms with Gasteiger partial charge >= 0.3 is 0 Å². The molecule has 0 bridgehead atoms. The molecule has 0 radical (unpaired) electrons. The van der Waals surface area contributed by atoms with Crippen LogP contribution in [0.3, 0.4) is 0 Å². The second-order valence-electron chi connectivity index (χ2n) is 4.28. The number of pyridine rings is 1. The maximum Gasteiger partial charge on any atom is 0.261 e. The summed E-state index contributed by atoms with van der Waals surface area (Å²) in [4.78, 5) is 16.0. The molecule has 0 atom stereocenters. The Kier molecular flexibility index (Phi) is 3.71. The number of nitrogens with two attached hydrogens (primary N) is 1. The van der Waals surface area contributed by atoms with Gasteiger partial charge in [0.25, 0.3) is 5.91 Å². The highest BCUT2D eigenvalue weighted by molar-refractivity contribution is 6.32. The van der Waals surface area contributed by atoms with Crippen molar-refractivity contribution in [2.75, 3.05) is 11.1 Å². The van der Waals surface area contributed by atoms with Crippen LogP contribution in [-0.2, 0) is 0 Å². The molecule has 7 heteroatoms. The number of nitrogens with one attached hydrogen (secondary N) is 1. The van der Waals surface area contributed by atoms with E-state index in [1.807, 2.05) is 13.8 Å². The fourth-order valence-electron chi connectivity index (χ4n) is 1.63. The van der Waals surface area contributed by atoms with Gasteiger partial charge in [0.15, 0.2) is 5.15 Å². The lowest BCUT2D eigenvalue weighted by atomic mass is 10.3. The lowest BCUT2D eigenvalue weighted by molar-refractivity contribution is 0.102. The minimum atomic E-state index is -0.362. The molecule has 2 aromatic rings. The van der Waals surface area contributed by atoms with Crippen LogP contribution in [0.2, 0.25) is 5.15 Å². The number of amides is 1. The minimum Gasteiger partial charge on any atom is -0.383 e. The predicted octanol–water partition coefficient (Wildman–Crippen LogP) is 2.35. The lowest BCUT2D eigenvalue weighted by Gasteiger charge is -2.09. The van der Waals surface area contributed by atoms with Gasteiger partial charge in [0, 0.05) is 12.2 Å². The van der Waals surface area contributed by atoms with Gasteiger partial charge in [-0.25, -0.2) is 9.67 Å². The summed E-state index contributed by atoms with van der Waals surface area (Å²) in [5.74, 6) is -0.0354. The van der Waals surface area contributed by atoms with E-state index in [4.69, 9.17) is 17.3 Å². The van der Waals surface area contributed by atoms with E-state index in [9.17, 15) is 4.79 Å². The summed E-state index contributed by atoms with van der Waals surface area (Å²) >= 11 is 5.87. The third-order valence-electron chi connectivity index (χ3n) is 2.58. The summed E-state index contributed by atoms with van der Waals surface area (Å²) in [6, 6.07) is 3.43. The van der Waals surface area contributed by atoms with E-state index in [1.54, 1.807) is 23.0 Å². The van der Waals surface area contributed by atoms with Crippen LogP contribution in [-0.4, -0.2) is 20.7 Å². The van der Waals surface area contributed by atoms with E-state index in [0.29, 0.717) is 17.1 Å². The van der Waals surface area contributed by atoms with Crippen molar-refractivity contribution in [1.82, 2.24) is 14.8 Å². The Morgan fingerprint density at radius 3 is 2.84 bits per heavy atom. The third kappa shape index (κ3) is 2.68. The molecule has 1 amide bonds. The maximum absolute atomic E-state index is 12.1. The Hall–Kier alpha value is -2.08. The van der Waals surface area contributed by atoms with Gasteiger partial charge in [-0.15, -0.1) is 0 Å². The Morgan fingerprint density at radius 1 is 1.53 bits per heavy atom. The first-order chi connectivity index (χ1) is 9.00. The van der Waals surface area contributed by atoms with Crippen molar-refractivity contribution in [2.45, 2.75) is 19.9 Å². The van der Waals surface area contributed by atoms with E-state index in [-0.39, 0.29) is 17.1 Å². The quantitative estimate of drug-likeness (QED) is 0.845. The number of carbonyl (C=O) groups is 1. The fraction of sp³-hybridized carbons (Fsp3) is 0.250. The monoisotopic (exact) mass is 279 g/mol. The predicted molar refractivity (Wildman–Crippen MR) is 74.2 cm³/mol.